The van der Waals surface area contributed by atoms with Crippen LogP contribution in [0, 0.1) is 0 Å². The number of aromatic nitrogens is 2. The molecule has 0 saturated carbocycles. The Labute approximate surface area is 183 Å². The van der Waals surface area contributed by atoms with E-state index in [1.165, 1.54) is 4.31 Å². The third-order valence-corrected chi connectivity index (χ3v) is 7.14. The summed E-state index contributed by atoms with van der Waals surface area (Å²) >= 11 is 0. The molecule has 1 atom stereocenters. The molecule has 3 rings (SSSR count). The number of nitrogens with one attached hydrogen (secondary N) is 1. The summed E-state index contributed by atoms with van der Waals surface area (Å²) in [6, 6.07) is 14.4. The minimum atomic E-state index is -3.46. The van der Waals surface area contributed by atoms with Crippen molar-refractivity contribution in [3.05, 3.63) is 60.0 Å². The Bertz CT molecular complexity index is 1090. The second-order valence-corrected chi connectivity index (χ2v) is 8.94. The smallest absolute Gasteiger partial charge is 0.243 e. The molecular formula is C22H28N4O4S. The van der Waals surface area contributed by atoms with Crippen LogP contribution in [0.4, 0.5) is 0 Å². The molecule has 8 nitrogen and oxygen atoms in total. The molecule has 0 amide bonds. The Balaban J connectivity index is 1.64. The van der Waals surface area contributed by atoms with Gasteiger partial charge in [-0.15, -0.1) is 0 Å². The molecule has 166 valence electrons. The van der Waals surface area contributed by atoms with Gasteiger partial charge in [-0.3, -0.25) is 0 Å². The number of methoxy groups -OCH3 is 1. The molecule has 2 aromatic carbocycles. The molecule has 0 bridgehead atoms. The Morgan fingerprint density at radius 3 is 2.48 bits per heavy atom. The zero-order chi connectivity index (χ0) is 22.4. The largest absolute Gasteiger partial charge is 0.497 e. The van der Waals surface area contributed by atoms with Gasteiger partial charge in [-0.1, -0.05) is 43.3 Å². The lowest BCUT2D eigenvalue weighted by Crippen LogP contribution is -2.30. The lowest BCUT2D eigenvalue weighted by Gasteiger charge is -2.19. The highest BCUT2D eigenvalue weighted by Crippen LogP contribution is 2.22. The molecule has 1 aromatic heterocycles. The number of hydrogen-bond donors (Lipinski definition) is 1. The van der Waals surface area contributed by atoms with E-state index in [0.29, 0.717) is 36.2 Å². The third-order valence-electron chi connectivity index (χ3n) is 5.08. The van der Waals surface area contributed by atoms with E-state index in [1.54, 1.807) is 19.2 Å². The minimum Gasteiger partial charge on any atom is -0.497 e. The van der Waals surface area contributed by atoms with Gasteiger partial charge in [0, 0.05) is 24.7 Å². The second kappa shape index (κ2) is 10.0. The van der Waals surface area contributed by atoms with Gasteiger partial charge in [0.05, 0.1) is 18.6 Å². The third kappa shape index (κ3) is 5.30. The van der Waals surface area contributed by atoms with Crippen molar-refractivity contribution < 1.29 is 17.7 Å². The van der Waals surface area contributed by atoms with Crippen LogP contribution in [0.3, 0.4) is 0 Å². The number of nitrogens with zero attached hydrogens (tertiary/aromatic N) is 3. The van der Waals surface area contributed by atoms with Crippen molar-refractivity contribution in [2.24, 2.45) is 0 Å². The summed E-state index contributed by atoms with van der Waals surface area (Å²) in [6.07, 6.45) is 0. The van der Waals surface area contributed by atoms with E-state index in [-0.39, 0.29) is 6.04 Å². The van der Waals surface area contributed by atoms with Gasteiger partial charge in [0.15, 0.2) is 0 Å². The Kier molecular flexibility index (Phi) is 7.42. The summed E-state index contributed by atoms with van der Waals surface area (Å²) < 4.78 is 37.3. The van der Waals surface area contributed by atoms with Crippen LogP contribution in [0.25, 0.3) is 11.4 Å². The minimum absolute atomic E-state index is 0.0302. The molecule has 0 aliphatic rings. The van der Waals surface area contributed by atoms with Crippen LogP contribution in [0.15, 0.2) is 57.9 Å². The monoisotopic (exact) mass is 444 g/mol. The van der Waals surface area contributed by atoms with Crippen molar-refractivity contribution in [1.29, 1.82) is 0 Å². The molecule has 0 aliphatic heterocycles. The first-order valence-corrected chi connectivity index (χ1v) is 11.6. The standard InChI is InChI=1S/C22H28N4O4S/c1-5-26(6-2)31(27,28)20-12-10-17(11-13-20)16(3)23-15-21-24-22(25-30-21)18-8-7-9-19(14-18)29-4/h7-14,16,23H,5-6,15H2,1-4H3. The average molecular weight is 445 g/mol. The van der Waals surface area contributed by atoms with E-state index in [2.05, 4.69) is 15.5 Å². The maximum absolute atomic E-state index is 12.6. The molecule has 0 fully saturated rings. The van der Waals surface area contributed by atoms with Crippen LogP contribution in [0.1, 0.15) is 38.3 Å². The summed E-state index contributed by atoms with van der Waals surface area (Å²) in [5.41, 5.74) is 1.78. The van der Waals surface area contributed by atoms with Crippen molar-refractivity contribution in [2.45, 2.75) is 38.3 Å². The number of rotatable bonds is 10. The van der Waals surface area contributed by atoms with Crippen LogP contribution < -0.4 is 10.1 Å². The predicted octanol–water partition coefficient (Wildman–Crippen LogP) is 3.63. The number of ether oxygens (including phenoxy) is 1. The quantitative estimate of drug-likeness (QED) is 0.510. The van der Waals surface area contributed by atoms with Gasteiger partial charge in [0.1, 0.15) is 5.75 Å². The maximum Gasteiger partial charge on any atom is 0.243 e. The van der Waals surface area contributed by atoms with Crippen molar-refractivity contribution >= 4 is 10.0 Å². The number of hydrogen-bond acceptors (Lipinski definition) is 7. The van der Waals surface area contributed by atoms with E-state index in [1.807, 2.05) is 57.2 Å². The molecule has 1 heterocycles. The van der Waals surface area contributed by atoms with Gasteiger partial charge in [-0.05, 0) is 36.8 Å². The van der Waals surface area contributed by atoms with Gasteiger partial charge < -0.3 is 14.6 Å². The summed E-state index contributed by atoms with van der Waals surface area (Å²) in [7, 11) is -1.85. The van der Waals surface area contributed by atoms with Crippen molar-refractivity contribution in [2.75, 3.05) is 20.2 Å². The molecular weight excluding hydrogens is 416 g/mol. The van der Waals surface area contributed by atoms with Gasteiger partial charge in [0.2, 0.25) is 21.7 Å². The molecule has 1 N–H and O–H groups in total. The van der Waals surface area contributed by atoms with Crippen LogP contribution >= 0.6 is 0 Å². The van der Waals surface area contributed by atoms with E-state index < -0.39 is 10.0 Å². The zero-order valence-corrected chi connectivity index (χ0v) is 19.0. The molecule has 0 spiro atoms. The van der Waals surface area contributed by atoms with E-state index in [0.717, 1.165) is 16.9 Å². The number of benzene rings is 2. The summed E-state index contributed by atoms with van der Waals surface area (Å²) in [6.45, 7) is 6.93. The highest BCUT2D eigenvalue weighted by Gasteiger charge is 2.21. The van der Waals surface area contributed by atoms with Gasteiger partial charge in [-0.2, -0.15) is 9.29 Å². The Hall–Kier alpha value is -2.75. The molecule has 9 heteroatoms. The highest BCUT2D eigenvalue weighted by atomic mass is 32.2. The van der Waals surface area contributed by atoms with Gasteiger partial charge in [-0.25, -0.2) is 8.42 Å². The van der Waals surface area contributed by atoms with Crippen molar-refractivity contribution in [3.8, 4) is 17.1 Å². The summed E-state index contributed by atoms with van der Waals surface area (Å²) in [4.78, 5) is 4.72. The highest BCUT2D eigenvalue weighted by molar-refractivity contribution is 7.89. The molecule has 0 radical (unpaired) electrons. The summed E-state index contributed by atoms with van der Waals surface area (Å²) in [5, 5.41) is 7.36. The van der Waals surface area contributed by atoms with Crippen molar-refractivity contribution in [3.63, 3.8) is 0 Å². The van der Waals surface area contributed by atoms with E-state index in [4.69, 9.17) is 9.26 Å². The molecule has 0 aliphatic carbocycles. The van der Waals surface area contributed by atoms with Crippen LogP contribution in [0.5, 0.6) is 5.75 Å². The molecule has 0 saturated heterocycles. The fraction of sp³-hybridized carbons (Fsp3) is 0.364. The average Bonchev–Trinajstić information content (AvgIpc) is 3.27. The molecule has 1 unspecified atom stereocenters. The topological polar surface area (TPSA) is 97.6 Å². The van der Waals surface area contributed by atoms with Gasteiger partial charge >= 0.3 is 0 Å². The Morgan fingerprint density at radius 1 is 1.13 bits per heavy atom. The fourth-order valence-corrected chi connectivity index (χ4v) is 4.66. The van der Waals surface area contributed by atoms with E-state index >= 15 is 0 Å². The van der Waals surface area contributed by atoms with Crippen LogP contribution in [0.2, 0.25) is 0 Å². The SMILES string of the molecule is CCN(CC)S(=O)(=O)c1ccc(C(C)NCc2nc(-c3cccc(OC)c3)no2)cc1. The lowest BCUT2D eigenvalue weighted by atomic mass is 10.1. The molecule has 3 aromatic rings. The van der Waals surface area contributed by atoms with Crippen molar-refractivity contribution in [1.82, 2.24) is 19.8 Å². The van der Waals surface area contributed by atoms with Gasteiger partial charge in [0.25, 0.3) is 0 Å². The van der Waals surface area contributed by atoms with Crippen LogP contribution in [-0.2, 0) is 16.6 Å². The van der Waals surface area contributed by atoms with E-state index in [9.17, 15) is 8.42 Å². The normalized spacial score (nSPS) is 12.8. The predicted molar refractivity (Wildman–Crippen MR) is 118 cm³/mol. The maximum atomic E-state index is 12.6. The lowest BCUT2D eigenvalue weighted by molar-refractivity contribution is 0.360. The zero-order valence-electron chi connectivity index (χ0n) is 18.2. The van der Waals surface area contributed by atoms with Crippen LogP contribution in [-0.4, -0.2) is 43.1 Å². The Morgan fingerprint density at radius 2 is 1.84 bits per heavy atom. The number of sulfonamides is 1. The summed E-state index contributed by atoms with van der Waals surface area (Å²) in [5.74, 6) is 1.68. The molecule has 31 heavy (non-hydrogen) atoms. The first kappa shape index (κ1) is 22.9. The fourth-order valence-electron chi connectivity index (χ4n) is 3.21. The first-order valence-electron chi connectivity index (χ1n) is 10.2. The second-order valence-electron chi connectivity index (χ2n) is 7.00. The first-order chi connectivity index (χ1) is 14.9.